The molecule has 0 aromatic carbocycles. The molecule has 2 aliphatic carbocycles. The molecule has 2 saturated heterocycles. The van der Waals surface area contributed by atoms with Crippen LogP contribution < -0.4 is 9.80 Å². The summed E-state index contributed by atoms with van der Waals surface area (Å²) in [6, 6.07) is 4.88. The average molecular weight is 659 g/mol. The molecular formula is C34H46N10O4. The summed E-state index contributed by atoms with van der Waals surface area (Å²) in [6.07, 6.45) is 13.6. The topological polar surface area (TPSA) is 171 Å². The van der Waals surface area contributed by atoms with Crippen LogP contribution in [-0.4, -0.2) is 127 Å². The summed E-state index contributed by atoms with van der Waals surface area (Å²) in [5, 5.41) is 20.3. The molecule has 0 unspecified atom stereocenters. The third-order valence-electron chi connectivity index (χ3n) is 11.4. The highest BCUT2D eigenvalue weighted by Crippen LogP contribution is 2.40. The molecule has 256 valence electrons. The first kappa shape index (κ1) is 32.3. The van der Waals surface area contributed by atoms with Gasteiger partial charge in [0.15, 0.2) is 0 Å². The number of amides is 2. The van der Waals surface area contributed by atoms with Crippen LogP contribution in [0.5, 0.6) is 0 Å². The molecule has 6 atom stereocenters. The lowest BCUT2D eigenvalue weighted by Crippen LogP contribution is -2.39. The second-order valence-electron chi connectivity index (χ2n) is 14.0. The Balaban J connectivity index is 0.000000152. The number of nitrogens with zero attached hydrogens (tertiary/aromatic N) is 8. The molecule has 2 saturated carbocycles. The number of H-pyrrole nitrogens is 2. The largest absolute Gasteiger partial charge is 0.387 e. The molecule has 0 spiro atoms. The lowest BCUT2D eigenvalue weighted by molar-refractivity contribution is -0.134. The van der Waals surface area contributed by atoms with E-state index in [1.807, 2.05) is 34.3 Å². The fraction of sp³-hybridized carbons (Fsp3) is 0.588. The Morgan fingerprint density at radius 3 is 1.52 bits per heavy atom. The monoisotopic (exact) mass is 658 g/mol. The molecule has 4 fully saturated rings. The van der Waals surface area contributed by atoms with E-state index in [1.54, 1.807) is 12.7 Å². The number of carbonyl (C=O) groups excluding carboxylic acids is 2. The van der Waals surface area contributed by atoms with Crippen LogP contribution in [0, 0.1) is 23.7 Å². The first-order chi connectivity index (χ1) is 23.3. The minimum atomic E-state index is -0.380. The van der Waals surface area contributed by atoms with Gasteiger partial charge in [0.1, 0.15) is 48.8 Å². The molecule has 4 aliphatic rings. The molecule has 6 heterocycles. The van der Waals surface area contributed by atoms with Crippen molar-refractivity contribution in [1.29, 1.82) is 0 Å². The summed E-state index contributed by atoms with van der Waals surface area (Å²) in [7, 11) is 4.21. The smallest absolute Gasteiger partial charge is 0.248 e. The number of rotatable bonds is 6. The lowest BCUT2D eigenvalue weighted by atomic mass is 9.78. The van der Waals surface area contributed by atoms with E-state index in [4.69, 9.17) is 10.2 Å². The van der Waals surface area contributed by atoms with Crippen LogP contribution in [0.3, 0.4) is 0 Å². The molecule has 4 N–H and O–H groups in total. The van der Waals surface area contributed by atoms with Crippen molar-refractivity contribution in [1.82, 2.24) is 39.7 Å². The molecule has 8 rings (SSSR count). The fourth-order valence-corrected chi connectivity index (χ4v) is 8.75. The Hall–Kier alpha value is -4.30. The maximum atomic E-state index is 11.8. The predicted octanol–water partition coefficient (Wildman–Crippen LogP) is 2.03. The number of hydrogen-bond donors (Lipinski definition) is 4. The van der Waals surface area contributed by atoms with Crippen molar-refractivity contribution in [3.05, 3.63) is 37.2 Å². The number of anilines is 2. The highest BCUT2D eigenvalue weighted by atomic mass is 16.3. The van der Waals surface area contributed by atoms with Crippen molar-refractivity contribution in [2.75, 3.05) is 63.3 Å². The number of nitrogens with one attached hydrogen (secondary N) is 2. The summed E-state index contributed by atoms with van der Waals surface area (Å²) in [5.74, 6) is 3.83. The Labute approximate surface area is 279 Å². The van der Waals surface area contributed by atoms with E-state index < -0.39 is 0 Å². The van der Waals surface area contributed by atoms with Crippen LogP contribution in [0.4, 0.5) is 11.6 Å². The zero-order valence-electron chi connectivity index (χ0n) is 27.7. The zero-order valence-corrected chi connectivity index (χ0v) is 27.7. The first-order valence-corrected chi connectivity index (χ1v) is 17.1. The van der Waals surface area contributed by atoms with Crippen molar-refractivity contribution in [3.63, 3.8) is 0 Å². The van der Waals surface area contributed by atoms with Gasteiger partial charge in [0.2, 0.25) is 11.8 Å². The fourth-order valence-electron chi connectivity index (χ4n) is 8.75. The minimum absolute atomic E-state index is 0.140. The molecule has 0 bridgehead atoms. The van der Waals surface area contributed by atoms with Crippen LogP contribution in [0.15, 0.2) is 37.2 Å². The number of hydrogen-bond acceptors (Lipinski definition) is 10. The normalized spacial score (nSPS) is 26.6. The molecule has 14 heteroatoms. The van der Waals surface area contributed by atoms with E-state index in [0.717, 1.165) is 98.4 Å². The highest BCUT2D eigenvalue weighted by molar-refractivity contribution is 5.88. The highest BCUT2D eigenvalue weighted by Gasteiger charge is 2.41. The van der Waals surface area contributed by atoms with Gasteiger partial charge in [-0.2, -0.15) is 0 Å². The van der Waals surface area contributed by atoms with Crippen molar-refractivity contribution >= 4 is 45.5 Å². The Morgan fingerprint density at radius 2 is 1.10 bits per heavy atom. The van der Waals surface area contributed by atoms with E-state index >= 15 is 0 Å². The molecule has 2 aliphatic heterocycles. The lowest BCUT2D eigenvalue weighted by Gasteiger charge is -2.37. The van der Waals surface area contributed by atoms with Gasteiger partial charge in [0, 0.05) is 64.8 Å². The van der Waals surface area contributed by atoms with Gasteiger partial charge in [0.25, 0.3) is 0 Å². The van der Waals surface area contributed by atoms with E-state index in [-0.39, 0.29) is 25.0 Å². The summed E-state index contributed by atoms with van der Waals surface area (Å²) >= 11 is 0. The van der Waals surface area contributed by atoms with Crippen LogP contribution in [-0.2, 0) is 9.59 Å². The summed E-state index contributed by atoms with van der Waals surface area (Å²) in [5.41, 5.74) is 1.72. The van der Waals surface area contributed by atoms with Gasteiger partial charge in [-0.25, -0.2) is 19.9 Å². The summed E-state index contributed by atoms with van der Waals surface area (Å²) < 4.78 is 0. The maximum absolute atomic E-state index is 11.8. The van der Waals surface area contributed by atoms with Crippen molar-refractivity contribution < 1.29 is 19.8 Å². The van der Waals surface area contributed by atoms with Crippen LogP contribution in [0.1, 0.15) is 38.5 Å². The molecule has 0 radical (unpaired) electrons. The quantitative estimate of drug-likeness (QED) is 0.240. The third kappa shape index (κ3) is 6.18. The molecule has 48 heavy (non-hydrogen) atoms. The molecule has 4 aromatic heterocycles. The second kappa shape index (κ2) is 13.7. The van der Waals surface area contributed by atoms with Crippen LogP contribution in [0.2, 0.25) is 0 Å². The molecule has 2 amide bonds. The number of likely N-dealkylation sites (tertiary alicyclic amines) is 2. The number of fused-ring (bicyclic) bond motifs is 4. The van der Waals surface area contributed by atoms with Gasteiger partial charge >= 0.3 is 0 Å². The molecule has 14 nitrogen and oxygen atoms in total. The van der Waals surface area contributed by atoms with Crippen molar-refractivity contribution in [3.8, 4) is 0 Å². The minimum Gasteiger partial charge on any atom is -0.387 e. The second-order valence-corrected chi connectivity index (χ2v) is 14.0. The Kier molecular flexibility index (Phi) is 9.19. The number of aliphatic hydroxyl groups excluding tert-OH is 2. The van der Waals surface area contributed by atoms with Crippen molar-refractivity contribution in [2.45, 2.75) is 50.6 Å². The SMILES string of the molecule is CN(c1ncnc2[nH]ccc12)[C@@H]1CC[C@H]2CN(C(=O)CO)C[C@H]2C1.CN(c1ncnc2[nH]ccc12)[C@H]1CC[C@H]2CN(C(=O)CO)C[C@H]2C1. The maximum Gasteiger partial charge on any atom is 0.248 e. The standard InChI is InChI=1S/2C17H23N5O2/c2*1-21(17-14-4-5-18-16(14)19-10-20-17)13-3-2-11-7-22(15(24)9-23)8-12(11)6-13/h2*4-5,10-13,23H,2-3,6-9H2,1H3,(H,18,19,20)/t11-,12+,13+;11-,12+,13-/m00/s1. The van der Waals surface area contributed by atoms with Gasteiger partial charge in [-0.15, -0.1) is 0 Å². The molecular weight excluding hydrogens is 612 g/mol. The van der Waals surface area contributed by atoms with Gasteiger partial charge in [-0.05, 0) is 74.3 Å². The van der Waals surface area contributed by atoms with Gasteiger partial charge in [-0.3, -0.25) is 9.59 Å². The first-order valence-electron chi connectivity index (χ1n) is 17.1. The van der Waals surface area contributed by atoms with Crippen molar-refractivity contribution in [2.24, 2.45) is 23.7 Å². The van der Waals surface area contributed by atoms with Crippen LogP contribution >= 0.6 is 0 Å². The number of aromatic nitrogens is 6. The number of aromatic amines is 2. The summed E-state index contributed by atoms with van der Waals surface area (Å²) in [6.45, 7) is 2.39. The van der Waals surface area contributed by atoms with E-state index in [2.05, 4.69) is 53.8 Å². The Bertz CT molecular complexity index is 1620. The molecule has 4 aromatic rings. The van der Waals surface area contributed by atoms with E-state index in [9.17, 15) is 9.59 Å². The van der Waals surface area contributed by atoms with E-state index in [0.29, 0.717) is 35.8 Å². The zero-order chi connectivity index (χ0) is 33.4. The van der Waals surface area contributed by atoms with E-state index in [1.165, 1.54) is 0 Å². The number of aliphatic hydroxyl groups is 2. The predicted molar refractivity (Wildman–Crippen MR) is 181 cm³/mol. The summed E-state index contributed by atoms with van der Waals surface area (Å²) in [4.78, 5) is 55.5. The average Bonchev–Trinajstić information content (AvgIpc) is 3.94. The number of carbonyl (C=O) groups is 2. The van der Waals surface area contributed by atoms with Gasteiger partial charge in [0.05, 0.1) is 10.8 Å². The third-order valence-corrected chi connectivity index (χ3v) is 11.4. The Morgan fingerprint density at radius 1 is 0.688 bits per heavy atom. The van der Waals surface area contributed by atoms with Gasteiger partial charge < -0.3 is 39.8 Å². The van der Waals surface area contributed by atoms with Crippen LogP contribution in [0.25, 0.3) is 22.1 Å². The van der Waals surface area contributed by atoms with Gasteiger partial charge in [-0.1, -0.05) is 0 Å².